The second-order valence-corrected chi connectivity index (χ2v) is 19.3. The number of aromatic nitrogens is 1. The van der Waals surface area contributed by atoms with Crippen LogP contribution in [0.5, 0.6) is 5.75 Å². The highest BCUT2D eigenvalue weighted by Gasteiger charge is 2.57. The van der Waals surface area contributed by atoms with Crippen molar-refractivity contribution in [1.82, 2.24) is 15.2 Å². The zero-order valence-electron chi connectivity index (χ0n) is 40.3. The summed E-state index contributed by atoms with van der Waals surface area (Å²) < 4.78 is 32.0. The summed E-state index contributed by atoms with van der Waals surface area (Å²) in [7, 11) is 1.88. The standard InChI is InChI=1S/C52H71N3O11/c1-11-13-19-36-21-16-22-38(44(36)58)29-55(10)40-25-31(4)63-49(45(40)59)65-47-33(6)43(57)34(7)48(60)64-41(12-2)52(9)46(54-50(61)66-52)32(5)42(56)30(3)27-51(47,8)62-24-17-18-35-26-37-20-14-15-23-39(37)53-28-35/h14-18,20-23,26,28,30-34,40-41,45-47,49,58-59H,11-13,19,24-25,27,29H2,1-10H3,(H,54,61)/b18-17+/t30-,31-,32-,33+,34-,40+,41+,45-,46-,47-,49?,51+,52-/m1/s1. The number of carbonyl (C=O) groups is 4. The number of unbranched alkanes of at least 4 members (excludes halogenated alkanes) is 1. The second kappa shape index (κ2) is 21.5. The zero-order valence-corrected chi connectivity index (χ0v) is 40.3. The van der Waals surface area contributed by atoms with Gasteiger partial charge in [-0.15, -0.1) is 0 Å². The molecule has 3 N–H and O–H groups in total. The Morgan fingerprint density at radius 2 is 1.70 bits per heavy atom. The maximum Gasteiger partial charge on any atom is 0.408 e. The molecule has 14 nitrogen and oxygen atoms in total. The van der Waals surface area contributed by atoms with Gasteiger partial charge >= 0.3 is 12.1 Å². The lowest BCUT2D eigenvalue weighted by Crippen LogP contribution is -2.60. The molecule has 0 bridgehead atoms. The maximum atomic E-state index is 14.7. The Bertz CT molecular complexity index is 2230. The number of alkyl carbamates (subject to hydrolysis) is 1. The van der Waals surface area contributed by atoms with Crippen molar-refractivity contribution in [3.63, 3.8) is 0 Å². The van der Waals surface area contributed by atoms with Crippen LogP contribution in [0.2, 0.25) is 0 Å². The van der Waals surface area contributed by atoms with Gasteiger partial charge in [-0.05, 0) is 90.1 Å². The number of aromatic hydroxyl groups is 1. The summed E-state index contributed by atoms with van der Waals surface area (Å²) in [6.45, 7) is 16.2. The Labute approximate surface area is 389 Å². The molecule has 0 saturated carbocycles. The number of phenols is 1. The van der Waals surface area contributed by atoms with Gasteiger partial charge in [0.25, 0.3) is 0 Å². The van der Waals surface area contributed by atoms with Crippen molar-refractivity contribution >= 4 is 40.6 Å². The number of para-hydroxylation sites is 2. The van der Waals surface area contributed by atoms with E-state index in [0.29, 0.717) is 13.0 Å². The fourth-order valence-electron chi connectivity index (χ4n) is 10.4. The molecule has 6 rings (SSSR count). The maximum absolute atomic E-state index is 14.7. The van der Waals surface area contributed by atoms with E-state index in [1.165, 1.54) is 6.92 Å². The third kappa shape index (κ3) is 11.0. The van der Waals surface area contributed by atoms with Crippen LogP contribution in [0.25, 0.3) is 17.0 Å². The highest BCUT2D eigenvalue weighted by molar-refractivity contribution is 6.00. The van der Waals surface area contributed by atoms with Crippen LogP contribution in [0, 0.1) is 23.7 Å². The average molecular weight is 914 g/mol. The number of aliphatic hydroxyl groups excluding tert-OH is 1. The van der Waals surface area contributed by atoms with Gasteiger partial charge in [-0.2, -0.15) is 0 Å². The monoisotopic (exact) mass is 914 g/mol. The number of hydrogen-bond donors (Lipinski definition) is 3. The van der Waals surface area contributed by atoms with Crippen LogP contribution in [-0.2, 0) is 51.0 Å². The number of hydrogen-bond acceptors (Lipinski definition) is 13. The summed E-state index contributed by atoms with van der Waals surface area (Å²) in [4.78, 5) is 62.8. The molecular formula is C52H71N3O11. The molecule has 13 atom stereocenters. The zero-order chi connectivity index (χ0) is 48.1. The van der Waals surface area contributed by atoms with Crippen molar-refractivity contribution in [1.29, 1.82) is 0 Å². The number of cyclic esters (lactones) is 1. The summed E-state index contributed by atoms with van der Waals surface area (Å²) in [5.41, 5.74) is 0.477. The smallest absolute Gasteiger partial charge is 0.408 e. The van der Waals surface area contributed by atoms with Crippen molar-refractivity contribution in [2.45, 2.75) is 161 Å². The van der Waals surface area contributed by atoms with Crippen LogP contribution in [0.4, 0.5) is 4.79 Å². The number of pyridine rings is 1. The normalized spacial score (nSPS) is 33.7. The van der Waals surface area contributed by atoms with Crippen LogP contribution in [0.3, 0.4) is 0 Å². The summed E-state index contributed by atoms with van der Waals surface area (Å²) in [5, 5.41) is 27.2. The van der Waals surface area contributed by atoms with Crippen molar-refractivity contribution in [3.8, 4) is 5.75 Å². The molecule has 1 unspecified atom stereocenters. The van der Waals surface area contributed by atoms with E-state index in [4.69, 9.17) is 23.7 Å². The number of amides is 1. The van der Waals surface area contributed by atoms with Gasteiger partial charge in [-0.3, -0.25) is 24.3 Å². The number of esters is 1. The molecule has 360 valence electrons. The molecule has 66 heavy (non-hydrogen) atoms. The van der Waals surface area contributed by atoms with Gasteiger partial charge in [0.05, 0.1) is 36.0 Å². The van der Waals surface area contributed by atoms with Crippen LogP contribution in [0.1, 0.15) is 111 Å². The Morgan fingerprint density at radius 3 is 2.42 bits per heavy atom. The molecule has 4 heterocycles. The van der Waals surface area contributed by atoms with E-state index in [-0.39, 0.29) is 31.0 Å². The molecule has 0 radical (unpaired) electrons. The topological polar surface area (TPSA) is 183 Å². The van der Waals surface area contributed by atoms with E-state index in [1.54, 1.807) is 47.7 Å². The number of fused-ring (bicyclic) bond motifs is 2. The molecule has 3 aromatic rings. The van der Waals surface area contributed by atoms with Gasteiger partial charge in [-0.25, -0.2) is 4.79 Å². The predicted octanol–water partition coefficient (Wildman–Crippen LogP) is 7.73. The molecule has 1 aromatic heterocycles. The van der Waals surface area contributed by atoms with Crippen LogP contribution >= 0.6 is 0 Å². The highest BCUT2D eigenvalue weighted by atomic mass is 16.7. The van der Waals surface area contributed by atoms with E-state index < -0.39 is 95.5 Å². The number of nitrogens with zero attached hydrogens (tertiary/aromatic N) is 2. The minimum atomic E-state index is -1.43. The van der Waals surface area contributed by atoms with E-state index in [0.717, 1.165) is 46.9 Å². The van der Waals surface area contributed by atoms with Gasteiger partial charge in [-0.1, -0.05) is 89.6 Å². The van der Waals surface area contributed by atoms with Gasteiger partial charge in [0, 0.05) is 47.5 Å². The fraction of sp³-hybridized carbons (Fsp3) is 0.596. The minimum Gasteiger partial charge on any atom is -0.507 e. The van der Waals surface area contributed by atoms with Crippen molar-refractivity contribution in [2.24, 2.45) is 23.7 Å². The number of aryl methyl sites for hydroxylation is 1. The van der Waals surface area contributed by atoms with Gasteiger partial charge in [0.1, 0.15) is 29.7 Å². The number of nitrogens with one attached hydrogen (secondary N) is 1. The first kappa shape index (κ1) is 50.7. The van der Waals surface area contributed by atoms with E-state index in [2.05, 4.69) is 17.2 Å². The molecule has 0 spiro atoms. The third-order valence-electron chi connectivity index (χ3n) is 14.2. The number of rotatable bonds is 13. The number of likely N-dealkylation sites (N-methyl/N-ethyl adjacent to an activating group) is 1. The number of carbonyl (C=O) groups excluding carboxylic acids is 4. The van der Waals surface area contributed by atoms with Crippen LogP contribution in [0.15, 0.2) is 60.8 Å². The first-order valence-corrected chi connectivity index (χ1v) is 23.7. The van der Waals surface area contributed by atoms with E-state index in [1.807, 2.05) is 79.6 Å². The molecule has 2 aromatic carbocycles. The van der Waals surface area contributed by atoms with Gasteiger partial charge in [0.2, 0.25) is 0 Å². The van der Waals surface area contributed by atoms with E-state index in [9.17, 15) is 29.4 Å². The molecule has 3 fully saturated rings. The summed E-state index contributed by atoms with van der Waals surface area (Å²) >= 11 is 0. The number of aliphatic hydroxyl groups is 1. The lowest BCUT2D eigenvalue weighted by molar-refractivity contribution is -0.297. The van der Waals surface area contributed by atoms with Crippen molar-refractivity contribution in [3.05, 3.63) is 77.5 Å². The number of phenolic OH excluding ortho intramolecular Hbond substituents is 1. The first-order valence-electron chi connectivity index (χ1n) is 23.7. The Balaban J connectivity index is 1.36. The molecule has 3 aliphatic heterocycles. The Kier molecular flexibility index (Phi) is 16.5. The first-order chi connectivity index (χ1) is 31.3. The molecule has 14 heteroatoms. The average Bonchev–Trinajstić information content (AvgIpc) is 3.61. The molecule has 3 aliphatic rings. The number of Topliss-reactive ketones (excluding diaryl/α,β-unsaturated/α-hetero) is 2. The largest absolute Gasteiger partial charge is 0.507 e. The Morgan fingerprint density at radius 1 is 0.970 bits per heavy atom. The van der Waals surface area contributed by atoms with Crippen LogP contribution < -0.4 is 5.32 Å². The molecule has 1 amide bonds. The molecular weight excluding hydrogens is 843 g/mol. The van der Waals surface area contributed by atoms with Crippen LogP contribution in [-0.4, -0.2) is 111 Å². The second-order valence-electron chi connectivity index (χ2n) is 19.3. The lowest BCUT2D eigenvalue weighted by Gasteiger charge is -2.47. The highest BCUT2D eigenvalue weighted by Crippen LogP contribution is 2.41. The quantitative estimate of drug-likeness (QED) is 0.112. The van der Waals surface area contributed by atoms with E-state index >= 15 is 0 Å². The molecule has 0 aliphatic carbocycles. The number of benzene rings is 2. The number of ketones is 2. The van der Waals surface area contributed by atoms with Gasteiger partial charge < -0.3 is 39.2 Å². The third-order valence-corrected chi connectivity index (χ3v) is 14.2. The number of ether oxygens (including phenoxy) is 5. The van der Waals surface area contributed by atoms with Crippen molar-refractivity contribution in [2.75, 3.05) is 13.7 Å². The predicted molar refractivity (Wildman–Crippen MR) is 250 cm³/mol. The Hall–Kier alpha value is -4.73. The molecule has 3 saturated heterocycles. The lowest BCUT2D eigenvalue weighted by atomic mass is 9.73. The summed E-state index contributed by atoms with van der Waals surface area (Å²) in [6.07, 6.45) is 3.13. The summed E-state index contributed by atoms with van der Waals surface area (Å²) in [6, 6.07) is 14.2. The minimum absolute atomic E-state index is 0.0254. The van der Waals surface area contributed by atoms with Gasteiger partial charge in [0.15, 0.2) is 17.7 Å². The summed E-state index contributed by atoms with van der Waals surface area (Å²) in [5.74, 6) is -5.14. The van der Waals surface area contributed by atoms with Crippen molar-refractivity contribution < 1.29 is 53.1 Å². The fourth-order valence-corrected chi connectivity index (χ4v) is 10.4. The SMILES string of the molecule is CCCCc1cccc(CN(C)[C@H]2C[C@@H](C)OC(O[C@@H]3[C@@H](C)C(=O)[C@@H](C)C(=O)O[C@@H](CC)[C@@]4(C)OC(=O)N[C@@H]4[C@H](C)C(=O)[C@H](C)C[C@]3(C)OC/C=C/c3cnc4ccccc4c3)[C@@H]2O)c1O.